The van der Waals surface area contributed by atoms with E-state index >= 15 is 0 Å². The van der Waals surface area contributed by atoms with Gasteiger partial charge in [0.25, 0.3) is 5.56 Å². The Bertz CT molecular complexity index is 1240. The number of ketones is 1. The fourth-order valence-electron chi connectivity index (χ4n) is 2.82. The lowest BCUT2D eigenvalue weighted by molar-refractivity contribution is 0.102. The van der Waals surface area contributed by atoms with Crippen LogP contribution in [0.4, 0.5) is 16.6 Å². The number of aromatic nitrogens is 4. The van der Waals surface area contributed by atoms with E-state index in [4.69, 9.17) is 17.3 Å². The lowest BCUT2D eigenvalue weighted by Gasteiger charge is -2.10. The van der Waals surface area contributed by atoms with Crippen molar-refractivity contribution in [1.29, 1.82) is 0 Å². The van der Waals surface area contributed by atoms with Crippen molar-refractivity contribution in [2.75, 3.05) is 16.8 Å². The molecule has 1 aromatic carbocycles. The fraction of sp³-hybridized carbons (Fsp3) is 0.278. The zero-order chi connectivity index (χ0) is 22.2. The van der Waals surface area contributed by atoms with Crippen molar-refractivity contribution < 1.29 is 4.79 Å². The van der Waals surface area contributed by atoms with Crippen LogP contribution in [0.2, 0.25) is 5.02 Å². The summed E-state index contributed by atoms with van der Waals surface area (Å²) in [5.74, 6) is -0.718. The SMILES string of the molecule is Cc1cc(C)c(Nc2nnc(SCC(=O)c3c(N)n(C)c(=O)n(C)c3=O)s2)c(Cl)c1. The van der Waals surface area contributed by atoms with Crippen molar-refractivity contribution in [1.82, 2.24) is 19.3 Å². The fourth-order valence-corrected chi connectivity index (χ4v) is 4.82. The number of benzene rings is 1. The summed E-state index contributed by atoms with van der Waals surface area (Å²) in [7, 11) is 2.71. The van der Waals surface area contributed by atoms with Gasteiger partial charge in [0.15, 0.2) is 10.1 Å². The Kier molecular flexibility index (Phi) is 6.34. The van der Waals surface area contributed by atoms with Gasteiger partial charge in [0.1, 0.15) is 11.4 Å². The van der Waals surface area contributed by atoms with Gasteiger partial charge >= 0.3 is 5.69 Å². The molecule has 9 nitrogen and oxygen atoms in total. The number of aryl methyl sites for hydroxylation is 2. The van der Waals surface area contributed by atoms with Crippen LogP contribution in [0.15, 0.2) is 26.1 Å². The summed E-state index contributed by atoms with van der Waals surface area (Å²) in [6.07, 6.45) is 0. The molecule has 0 bridgehead atoms. The number of halogens is 1. The second-order valence-electron chi connectivity index (χ2n) is 6.61. The van der Waals surface area contributed by atoms with Crippen LogP contribution < -0.4 is 22.3 Å². The van der Waals surface area contributed by atoms with Gasteiger partial charge in [0.05, 0.1) is 16.5 Å². The average Bonchev–Trinajstić information content (AvgIpc) is 3.13. The van der Waals surface area contributed by atoms with Crippen LogP contribution in [-0.4, -0.2) is 30.9 Å². The van der Waals surface area contributed by atoms with E-state index in [2.05, 4.69) is 15.5 Å². The molecule has 2 heterocycles. The summed E-state index contributed by atoms with van der Waals surface area (Å²) >= 11 is 8.69. The molecule has 30 heavy (non-hydrogen) atoms. The highest BCUT2D eigenvalue weighted by molar-refractivity contribution is 8.01. The number of rotatable bonds is 6. The van der Waals surface area contributed by atoms with Gasteiger partial charge in [0.2, 0.25) is 5.13 Å². The van der Waals surface area contributed by atoms with Crippen LogP contribution in [0, 0.1) is 13.8 Å². The second kappa shape index (κ2) is 8.62. The number of thioether (sulfide) groups is 1. The second-order valence-corrected chi connectivity index (χ2v) is 9.22. The molecule has 3 aromatic rings. The monoisotopic (exact) mass is 466 g/mol. The van der Waals surface area contributed by atoms with Gasteiger partial charge < -0.3 is 11.1 Å². The number of Topliss-reactive ketones (excluding diaryl/α,β-unsaturated/α-hetero) is 1. The highest BCUT2D eigenvalue weighted by Gasteiger charge is 2.21. The number of hydrogen-bond donors (Lipinski definition) is 2. The van der Waals surface area contributed by atoms with E-state index in [1.807, 2.05) is 26.0 Å². The Labute approximate surface area is 184 Å². The first-order chi connectivity index (χ1) is 14.1. The van der Waals surface area contributed by atoms with E-state index in [1.165, 1.54) is 25.4 Å². The molecule has 0 saturated carbocycles. The Balaban J connectivity index is 1.75. The molecule has 12 heteroatoms. The van der Waals surface area contributed by atoms with Crippen molar-refractivity contribution in [3.63, 3.8) is 0 Å². The molecule has 0 aliphatic heterocycles. The van der Waals surface area contributed by atoms with E-state index < -0.39 is 17.0 Å². The number of carbonyl (C=O) groups is 1. The molecule has 0 radical (unpaired) electrons. The van der Waals surface area contributed by atoms with Gasteiger partial charge in [-0.05, 0) is 31.0 Å². The van der Waals surface area contributed by atoms with Gasteiger partial charge in [-0.15, -0.1) is 10.2 Å². The maximum Gasteiger partial charge on any atom is 0.332 e. The van der Waals surface area contributed by atoms with Crippen LogP contribution in [0.5, 0.6) is 0 Å². The Hall–Kier alpha value is -2.63. The predicted octanol–water partition coefficient (Wildman–Crippen LogP) is 2.51. The Morgan fingerprint density at radius 3 is 2.60 bits per heavy atom. The molecule has 158 valence electrons. The summed E-state index contributed by atoms with van der Waals surface area (Å²) < 4.78 is 2.46. The number of nitrogens with zero attached hydrogens (tertiary/aromatic N) is 4. The standard InChI is InChI=1S/C18H19ClN6O3S2/c1-8-5-9(2)13(10(19)6-8)21-16-22-23-17(30-16)29-7-11(26)12-14(20)24(3)18(28)25(4)15(12)27/h5-6H,7,20H2,1-4H3,(H,21,22). The molecule has 0 aliphatic rings. The molecule has 0 spiro atoms. The summed E-state index contributed by atoms with van der Waals surface area (Å²) in [5, 5.41) is 12.4. The van der Waals surface area contributed by atoms with Crippen LogP contribution in [0.1, 0.15) is 21.5 Å². The molecular formula is C18H19ClN6O3S2. The number of hydrogen-bond acceptors (Lipinski definition) is 9. The topological polar surface area (TPSA) is 125 Å². The number of carbonyl (C=O) groups excluding carboxylic acids is 1. The summed E-state index contributed by atoms with van der Waals surface area (Å²) in [6.45, 7) is 3.90. The first kappa shape index (κ1) is 22.1. The number of nitrogens with two attached hydrogens (primary N) is 1. The van der Waals surface area contributed by atoms with Gasteiger partial charge in [-0.2, -0.15) is 0 Å². The minimum absolute atomic E-state index is 0.0728. The van der Waals surface area contributed by atoms with Crippen molar-refractivity contribution in [2.45, 2.75) is 18.2 Å². The summed E-state index contributed by atoms with van der Waals surface area (Å²) in [6, 6.07) is 3.85. The Morgan fingerprint density at radius 2 is 1.93 bits per heavy atom. The maximum absolute atomic E-state index is 12.6. The van der Waals surface area contributed by atoms with Crippen LogP contribution in [0.3, 0.4) is 0 Å². The first-order valence-corrected chi connectivity index (χ1v) is 10.9. The van der Waals surface area contributed by atoms with Crippen LogP contribution in [0.25, 0.3) is 0 Å². The number of nitrogen functional groups attached to an aromatic ring is 1. The molecule has 0 fully saturated rings. The molecule has 0 aliphatic carbocycles. The van der Waals surface area contributed by atoms with E-state index in [-0.39, 0.29) is 17.1 Å². The van der Waals surface area contributed by atoms with Gasteiger partial charge in [-0.1, -0.05) is 40.8 Å². The summed E-state index contributed by atoms with van der Waals surface area (Å²) in [5.41, 5.74) is 7.07. The summed E-state index contributed by atoms with van der Waals surface area (Å²) in [4.78, 5) is 36.8. The quantitative estimate of drug-likeness (QED) is 0.419. The van der Waals surface area contributed by atoms with Gasteiger partial charge in [0, 0.05) is 14.1 Å². The molecule has 0 atom stereocenters. The minimum Gasteiger partial charge on any atom is -0.384 e. The molecular weight excluding hydrogens is 448 g/mol. The van der Waals surface area contributed by atoms with Crippen molar-refractivity contribution in [3.8, 4) is 0 Å². The third kappa shape index (κ3) is 4.27. The lowest BCUT2D eigenvalue weighted by atomic mass is 10.1. The zero-order valence-electron chi connectivity index (χ0n) is 16.6. The van der Waals surface area contributed by atoms with E-state index in [0.717, 1.165) is 37.7 Å². The average molecular weight is 467 g/mol. The van der Waals surface area contributed by atoms with Crippen molar-refractivity contribution in [2.24, 2.45) is 14.1 Å². The normalized spacial score (nSPS) is 11.0. The van der Waals surface area contributed by atoms with Crippen LogP contribution in [-0.2, 0) is 14.1 Å². The molecule has 0 amide bonds. The molecule has 0 saturated heterocycles. The molecule has 3 rings (SSSR count). The minimum atomic E-state index is -0.717. The van der Waals surface area contributed by atoms with E-state index in [9.17, 15) is 14.4 Å². The van der Waals surface area contributed by atoms with Gasteiger partial charge in [-0.25, -0.2) is 4.79 Å². The van der Waals surface area contributed by atoms with Crippen molar-refractivity contribution >= 4 is 57.1 Å². The molecule has 0 unspecified atom stereocenters. The zero-order valence-corrected chi connectivity index (χ0v) is 19.0. The van der Waals surface area contributed by atoms with Gasteiger partial charge in [-0.3, -0.25) is 18.7 Å². The first-order valence-electron chi connectivity index (χ1n) is 8.69. The molecule has 2 aromatic heterocycles. The maximum atomic E-state index is 12.6. The number of anilines is 3. The largest absolute Gasteiger partial charge is 0.384 e. The molecule has 3 N–H and O–H groups in total. The highest BCUT2D eigenvalue weighted by Crippen LogP contribution is 2.33. The van der Waals surface area contributed by atoms with E-state index in [0.29, 0.717) is 14.5 Å². The third-order valence-corrected chi connectivity index (χ3v) is 6.66. The number of nitrogens with one attached hydrogen (secondary N) is 1. The third-order valence-electron chi connectivity index (χ3n) is 4.39. The van der Waals surface area contributed by atoms with Crippen LogP contribution >= 0.6 is 34.7 Å². The highest BCUT2D eigenvalue weighted by atomic mass is 35.5. The van der Waals surface area contributed by atoms with E-state index in [1.54, 1.807) is 0 Å². The predicted molar refractivity (Wildman–Crippen MR) is 121 cm³/mol. The smallest absolute Gasteiger partial charge is 0.332 e. The Morgan fingerprint density at radius 1 is 1.23 bits per heavy atom. The lowest BCUT2D eigenvalue weighted by Crippen LogP contribution is -2.41. The van der Waals surface area contributed by atoms with Crippen molar-refractivity contribution in [3.05, 3.63) is 54.7 Å².